The molecule has 2 atom stereocenters. The predicted molar refractivity (Wildman–Crippen MR) is 121 cm³/mol. The second-order valence-corrected chi connectivity index (χ2v) is 10.4. The Hall–Kier alpha value is -2.08. The van der Waals surface area contributed by atoms with Gasteiger partial charge in [0.1, 0.15) is 12.2 Å². The maximum Gasteiger partial charge on any atom is 0.264 e. The van der Waals surface area contributed by atoms with Gasteiger partial charge in [0.15, 0.2) is 0 Å². The van der Waals surface area contributed by atoms with E-state index in [0.29, 0.717) is 0 Å². The highest BCUT2D eigenvalue weighted by Gasteiger charge is 2.30. The number of benzene rings is 2. The van der Waals surface area contributed by atoms with Crippen molar-refractivity contribution in [1.82, 2.24) is 0 Å². The molecule has 10 heteroatoms. The summed E-state index contributed by atoms with van der Waals surface area (Å²) in [6.45, 7) is 3.66. The smallest absolute Gasteiger partial charge is 0.264 e. The zero-order valence-corrected chi connectivity index (χ0v) is 19.7. The number of rotatable bonds is 14. The van der Waals surface area contributed by atoms with Gasteiger partial charge in [-0.15, -0.1) is 0 Å². The highest BCUT2D eigenvalue weighted by molar-refractivity contribution is 7.86. The third-order valence-electron chi connectivity index (χ3n) is 4.16. The van der Waals surface area contributed by atoms with E-state index in [4.69, 9.17) is 17.8 Å². The highest BCUT2D eigenvalue weighted by Crippen LogP contribution is 2.19. The van der Waals surface area contributed by atoms with Crippen LogP contribution in [0.3, 0.4) is 0 Å². The molecule has 0 N–H and O–H groups in total. The minimum atomic E-state index is -3.88. The first-order valence-electron chi connectivity index (χ1n) is 9.71. The lowest BCUT2D eigenvalue weighted by molar-refractivity contribution is -0.0531. The molecule has 0 aromatic heterocycles. The number of hydrogen-bond donors (Lipinski definition) is 0. The molecule has 0 saturated heterocycles. The molecule has 2 rings (SSSR count). The monoisotopic (exact) mass is 484 g/mol. The van der Waals surface area contributed by atoms with Crippen LogP contribution in [0.2, 0.25) is 0 Å². The Morgan fingerprint density at radius 1 is 0.844 bits per heavy atom. The summed E-state index contributed by atoms with van der Waals surface area (Å²) in [5.41, 5.74) is 1.92. The fourth-order valence-corrected chi connectivity index (χ4v) is 3.74. The fraction of sp³-hybridized carbons (Fsp3) is 0.364. The molecule has 8 nitrogen and oxygen atoms in total. The fourth-order valence-electron chi connectivity index (χ4n) is 2.77. The summed E-state index contributed by atoms with van der Waals surface area (Å²) in [7, 11) is -7.62. The summed E-state index contributed by atoms with van der Waals surface area (Å²) < 4.78 is 68.3. The van der Waals surface area contributed by atoms with Crippen LogP contribution in [-0.2, 0) is 51.3 Å². The highest BCUT2D eigenvalue weighted by atomic mass is 32.2. The van der Waals surface area contributed by atoms with E-state index in [1.807, 2.05) is 60.7 Å². The van der Waals surface area contributed by atoms with Crippen LogP contribution >= 0.6 is 0 Å². The largest absolute Gasteiger partial charge is 0.374 e. The summed E-state index contributed by atoms with van der Waals surface area (Å²) in [4.78, 5) is 0. The van der Waals surface area contributed by atoms with E-state index in [2.05, 4.69) is 6.58 Å². The van der Waals surface area contributed by atoms with Crippen molar-refractivity contribution in [2.45, 2.75) is 25.4 Å². The van der Waals surface area contributed by atoms with Crippen molar-refractivity contribution >= 4 is 20.2 Å². The normalized spacial score (nSPS) is 14.1. The summed E-state index contributed by atoms with van der Waals surface area (Å²) in [6, 6.07) is 18.5. The molecule has 0 aliphatic heterocycles. The van der Waals surface area contributed by atoms with Gasteiger partial charge in [-0.3, -0.25) is 8.37 Å². The van der Waals surface area contributed by atoms with Crippen molar-refractivity contribution in [3.8, 4) is 0 Å². The van der Waals surface area contributed by atoms with Crippen LogP contribution in [0.15, 0.2) is 72.8 Å². The van der Waals surface area contributed by atoms with Crippen LogP contribution in [0.5, 0.6) is 0 Å². The van der Waals surface area contributed by atoms with Gasteiger partial charge in [0.2, 0.25) is 0 Å². The Morgan fingerprint density at radius 2 is 1.38 bits per heavy atom. The van der Waals surface area contributed by atoms with Crippen molar-refractivity contribution < 1.29 is 34.7 Å². The van der Waals surface area contributed by atoms with Gasteiger partial charge < -0.3 is 9.47 Å². The van der Waals surface area contributed by atoms with Crippen LogP contribution in [0.25, 0.3) is 0 Å². The first kappa shape index (κ1) is 26.2. The third-order valence-corrected chi connectivity index (χ3v) is 5.31. The zero-order chi connectivity index (χ0) is 23.6. The standard InChI is InChI=1S/C22H28O8S2/c1-18(14-29-31(2,23)24)22(28-16-20-12-8-5-9-13-20)21(30-32(3,25)26)17-27-15-19-10-6-4-7-11-19/h4-13,21-22H,1,14-17H2,2-3H3/t21-,22+/m1/s1. The predicted octanol–water partition coefficient (Wildman–Crippen LogP) is 2.67. The van der Waals surface area contributed by atoms with Crippen LogP contribution in [-0.4, -0.2) is 54.8 Å². The number of ether oxygens (including phenoxy) is 2. The van der Waals surface area contributed by atoms with E-state index < -0.39 is 32.4 Å². The molecule has 0 unspecified atom stereocenters. The van der Waals surface area contributed by atoms with Gasteiger partial charge in [-0.25, -0.2) is 0 Å². The molecule has 0 fully saturated rings. The quantitative estimate of drug-likeness (QED) is 0.298. The summed E-state index contributed by atoms with van der Waals surface area (Å²) in [5, 5.41) is 0. The van der Waals surface area contributed by atoms with Gasteiger partial charge >= 0.3 is 0 Å². The SMILES string of the molecule is C=C(COS(C)(=O)=O)[C@H](OCc1ccccc1)[C@@H](COCc1ccccc1)OS(C)(=O)=O. The molecule has 32 heavy (non-hydrogen) atoms. The van der Waals surface area contributed by atoms with Crippen LogP contribution in [0.1, 0.15) is 11.1 Å². The molecule has 2 aromatic rings. The maximum atomic E-state index is 11.9. The number of hydrogen-bond acceptors (Lipinski definition) is 8. The molecular formula is C22H28O8S2. The summed E-state index contributed by atoms with van der Waals surface area (Å²) >= 11 is 0. The molecule has 176 valence electrons. The maximum absolute atomic E-state index is 11.9. The molecule has 0 bridgehead atoms. The van der Waals surface area contributed by atoms with Gasteiger partial charge in [-0.2, -0.15) is 16.8 Å². The average Bonchev–Trinajstić information content (AvgIpc) is 2.72. The molecule has 0 aliphatic carbocycles. The minimum Gasteiger partial charge on any atom is -0.374 e. The van der Waals surface area contributed by atoms with Crippen LogP contribution in [0.4, 0.5) is 0 Å². The molecule has 0 spiro atoms. The van der Waals surface area contributed by atoms with E-state index in [1.54, 1.807) is 0 Å². The van der Waals surface area contributed by atoms with Crippen molar-refractivity contribution in [1.29, 1.82) is 0 Å². The van der Waals surface area contributed by atoms with Crippen LogP contribution < -0.4 is 0 Å². The van der Waals surface area contributed by atoms with Gasteiger partial charge in [0.25, 0.3) is 20.2 Å². The Bertz CT molecular complexity index is 1050. The van der Waals surface area contributed by atoms with E-state index in [9.17, 15) is 16.8 Å². The Morgan fingerprint density at radius 3 is 1.88 bits per heavy atom. The van der Waals surface area contributed by atoms with E-state index >= 15 is 0 Å². The van der Waals surface area contributed by atoms with Crippen LogP contribution in [0, 0.1) is 0 Å². The summed E-state index contributed by atoms with van der Waals surface area (Å²) in [6.07, 6.45) is -0.287. The lowest BCUT2D eigenvalue weighted by Gasteiger charge is -2.28. The molecule has 0 aliphatic rings. The van der Waals surface area contributed by atoms with Gasteiger partial charge in [0, 0.05) is 0 Å². The Balaban J connectivity index is 2.18. The molecular weight excluding hydrogens is 456 g/mol. The lowest BCUT2D eigenvalue weighted by Crippen LogP contribution is -2.39. The van der Waals surface area contributed by atoms with Crippen molar-refractivity contribution in [2.24, 2.45) is 0 Å². The van der Waals surface area contributed by atoms with E-state index in [1.165, 1.54) is 0 Å². The van der Waals surface area contributed by atoms with Crippen molar-refractivity contribution in [3.63, 3.8) is 0 Å². The molecule has 0 radical (unpaired) electrons. The average molecular weight is 485 g/mol. The third kappa shape index (κ3) is 10.5. The first-order chi connectivity index (χ1) is 15.0. The second-order valence-electron chi connectivity index (χ2n) is 7.18. The Labute approximate surface area is 190 Å². The van der Waals surface area contributed by atoms with Crippen molar-refractivity contribution in [3.05, 3.63) is 83.9 Å². The lowest BCUT2D eigenvalue weighted by atomic mass is 10.1. The molecule has 0 saturated carbocycles. The van der Waals surface area contributed by atoms with Gasteiger partial charge in [-0.05, 0) is 16.7 Å². The zero-order valence-electron chi connectivity index (χ0n) is 18.0. The molecule has 0 heterocycles. The van der Waals surface area contributed by atoms with Gasteiger partial charge in [0.05, 0.1) is 38.9 Å². The minimum absolute atomic E-state index is 0.117. The summed E-state index contributed by atoms with van der Waals surface area (Å²) in [5.74, 6) is 0. The topological polar surface area (TPSA) is 105 Å². The second kappa shape index (κ2) is 12.2. The van der Waals surface area contributed by atoms with Gasteiger partial charge in [-0.1, -0.05) is 67.2 Å². The van der Waals surface area contributed by atoms with E-state index in [0.717, 1.165) is 23.6 Å². The molecule has 0 amide bonds. The first-order valence-corrected chi connectivity index (χ1v) is 13.3. The van der Waals surface area contributed by atoms with Crippen molar-refractivity contribution in [2.75, 3.05) is 25.7 Å². The molecule has 2 aromatic carbocycles. The van der Waals surface area contributed by atoms with E-state index in [-0.39, 0.29) is 32.0 Å². The Kier molecular flexibility index (Phi) is 10.0.